The smallest absolute Gasteiger partial charge is 0.361 e. The number of ether oxygens (including phenoxy) is 4. The lowest BCUT2D eigenvalue weighted by Gasteiger charge is -2.25. The minimum Gasteiger partial charge on any atom is -0.477 e. The van der Waals surface area contributed by atoms with Gasteiger partial charge in [0.2, 0.25) is 0 Å². The minimum absolute atomic E-state index is 0.179. The standard InChI is InChI=1S/C84H151NO8/c1-6-8-10-12-14-16-18-20-22-24-26-28-30-32-34-36-38-39-40-41-42-43-45-46-48-50-52-54-56-58-60-62-64-66-68-70-72-74-81(86)91-78-80(79-92-84(83(88)89)90-77-76-85(3,4)5)93-82(87)75-73-71-69-67-65-63-61-59-57-55-53-51-49-47-44-37-35-33-31-29-27-25-23-21-19-17-15-13-11-9-7-2/h9,11,15,17-18,20-21,23-24,26-27,29-30,32,80,84H,6-8,10,12-14,16,19,22,25,28,31,33-79H2,1-5H3/p+1/b11-9-,17-15-,20-18-,23-21-,26-24-,29-27-,32-30-. The van der Waals surface area contributed by atoms with Gasteiger partial charge in [0.15, 0.2) is 6.10 Å². The van der Waals surface area contributed by atoms with Gasteiger partial charge in [-0.2, -0.15) is 0 Å². The Kier molecular flexibility index (Phi) is 71.4. The summed E-state index contributed by atoms with van der Waals surface area (Å²) < 4.78 is 23.1. The zero-order valence-corrected chi connectivity index (χ0v) is 61.9. The topological polar surface area (TPSA) is 108 Å². The van der Waals surface area contributed by atoms with Crippen LogP contribution in [0.3, 0.4) is 0 Å². The fourth-order valence-electron chi connectivity index (χ4n) is 11.6. The highest BCUT2D eigenvalue weighted by molar-refractivity contribution is 5.71. The molecule has 0 heterocycles. The first-order valence-corrected chi connectivity index (χ1v) is 39.8. The molecule has 1 N–H and O–H groups in total. The van der Waals surface area contributed by atoms with Crippen molar-refractivity contribution in [3.63, 3.8) is 0 Å². The summed E-state index contributed by atoms with van der Waals surface area (Å²) in [6, 6.07) is 0. The van der Waals surface area contributed by atoms with Crippen LogP contribution in [0.5, 0.6) is 0 Å². The van der Waals surface area contributed by atoms with E-state index in [9.17, 15) is 19.5 Å². The van der Waals surface area contributed by atoms with Crippen LogP contribution in [0.25, 0.3) is 0 Å². The van der Waals surface area contributed by atoms with Crippen molar-refractivity contribution in [3.05, 3.63) is 85.1 Å². The lowest BCUT2D eigenvalue weighted by Crippen LogP contribution is -2.40. The fraction of sp³-hybridized carbons (Fsp3) is 0.798. The van der Waals surface area contributed by atoms with Gasteiger partial charge in [0.25, 0.3) is 6.29 Å². The van der Waals surface area contributed by atoms with Gasteiger partial charge in [0, 0.05) is 12.8 Å². The molecule has 0 aromatic rings. The number of likely N-dealkylation sites (N-methyl/N-ethyl adjacent to an activating group) is 1. The first kappa shape index (κ1) is 89.5. The normalized spacial score (nSPS) is 13.1. The van der Waals surface area contributed by atoms with Crippen molar-refractivity contribution in [2.75, 3.05) is 47.5 Å². The van der Waals surface area contributed by atoms with Crippen LogP contribution in [-0.2, 0) is 33.3 Å². The van der Waals surface area contributed by atoms with Crippen molar-refractivity contribution in [1.29, 1.82) is 0 Å². The molecule has 0 saturated heterocycles. The monoisotopic (exact) mass is 1300 g/mol. The third-order valence-electron chi connectivity index (χ3n) is 17.6. The number of nitrogens with zero attached hydrogens (tertiary/aromatic N) is 1. The second-order valence-electron chi connectivity index (χ2n) is 28.0. The van der Waals surface area contributed by atoms with Gasteiger partial charge in [-0.15, -0.1) is 0 Å². The van der Waals surface area contributed by atoms with E-state index in [1.807, 2.05) is 21.1 Å². The number of rotatable bonds is 74. The number of carbonyl (C=O) groups is 3. The molecule has 0 aliphatic heterocycles. The van der Waals surface area contributed by atoms with E-state index < -0.39 is 18.4 Å². The van der Waals surface area contributed by atoms with Gasteiger partial charge < -0.3 is 28.5 Å². The molecule has 0 rings (SSSR count). The van der Waals surface area contributed by atoms with Crippen molar-refractivity contribution in [1.82, 2.24) is 0 Å². The minimum atomic E-state index is -1.51. The molecule has 0 saturated carbocycles. The van der Waals surface area contributed by atoms with E-state index in [0.717, 1.165) is 77.0 Å². The Balaban J connectivity index is 3.99. The molecular weight excluding hydrogens is 1150 g/mol. The lowest BCUT2D eigenvalue weighted by atomic mass is 10.0. The van der Waals surface area contributed by atoms with Crippen molar-refractivity contribution in [2.24, 2.45) is 0 Å². The van der Waals surface area contributed by atoms with Crippen LogP contribution in [0.2, 0.25) is 0 Å². The molecular formula is C84H152NO8+. The van der Waals surface area contributed by atoms with Gasteiger partial charge in [0.1, 0.15) is 13.2 Å². The van der Waals surface area contributed by atoms with Crippen molar-refractivity contribution >= 4 is 17.9 Å². The molecule has 0 bridgehead atoms. The summed E-state index contributed by atoms with van der Waals surface area (Å²) in [5.74, 6) is -1.98. The molecule has 0 aromatic heterocycles. The summed E-state index contributed by atoms with van der Waals surface area (Å²) >= 11 is 0. The van der Waals surface area contributed by atoms with E-state index in [-0.39, 0.29) is 38.2 Å². The van der Waals surface area contributed by atoms with Crippen LogP contribution in [0.4, 0.5) is 0 Å². The second kappa shape index (κ2) is 74.3. The van der Waals surface area contributed by atoms with Crippen molar-refractivity contribution in [3.8, 4) is 0 Å². The van der Waals surface area contributed by atoms with Crippen LogP contribution in [-0.4, -0.2) is 87.4 Å². The number of carbonyl (C=O) groups excluding carboxylic acids is 2. The number of hydrogen-bond donors (Lipinski definition) is 1. The average Bonchev–Trinajstić information content (AvgIpc) is 3.38. The van der Waals surface area contributed by atoms with Crippen LogP contribution in [0.15, 0.2) is 85.1 Å². The van der Waals surface area contributed by atoms with Crippen LogP contribution < -0.4 is 0 Å². The Morgan fingerprint density at radius 1 is 0.333 bits per heavy atom. The summed E-state index contributed by atoms with van der Waals surface area (Å²) in [6.45, 7) is 4.81. The van der Waals surface area contributed by atoms with Gasteiger partial charge in [-0.3, -0.25) is 9.59 Å². The fourth-order valence-corrected chi connectivity index (χ4v) is 11.6. The first-order valence-electron chi connectivity index (χ1n) is 39.8. The zero-order chi connectivity index (χ0) is 67.5. The van der Waals surface area contributed by atoms with Gasteiger partial charge in [-0.05, 0) is 89.9 Å². The number of carboxylic acid groups (broad SMARTS) is 1. The Hall–Kier alpha value is -3.53. The van der Waals surface area contributed by atoms with E-state index in [2.05, 4.69) is 98.9 Å². The Bertz CT molecular complexity index is 1810. The van der Waals surface area contributed by atoms with E-state index >= 15 is 0 Å². The van der Waals surface area contributed by atoms with Crippen molar-refractivity contribution < 1.29 is 42.9 Å². The molecule has 9 nitrogen and oxygen atoms in total. The van der Waals surface area contributed by atoms with Crippen LogP contribution >= 0.6 is 0 Å². The Morgan fingerprint density at radius 2 is 0.613 bits per heavy atom. The molecule has 9 heteroatoms. The SMILES string of the molecule is CC/C=C\C/C=C\C/C=C\C/C=C\CCCCCCCCCCCCCCCCCCCCC(=O)OC(COC(=O)CCCCCCCCCCCCCCCCCCCCCCCC/C=C\C/C=C\C/C=C\CCCCCCC)COC(OCC[N+](C)(C)C)C(=O)O. The van der Waals surface area contributed by atoms with Crippen LogP contribution in [0, 0.1) is 0 Å². The Morgan fingerprint density at radius 3 is 0.914 bits per heavy atom. The summed E-state index contributed by atoms with van der Waals surface area (Å²) in [5, 5.41) is 9.77. The summed E-state index contributed by atoms with van der Waals surface area (Å²) in [4.78, 5) is 37.7. The molecule has 0 amide bonds. The highest BCUT2D eigenvalue weighted by Gasteiger charge is 2.25. The number of hydrogen-bond acceptors (Lipinski definition) is 7. The number of allylic oxidation sites excluding steroid dienone is 14. The van der Waals surface area contributed by atoms with Gasteiger partial charge in [-0.25, -0.2) is 4.79 Å². The van der Waals surface area contributed by atoms with E-state index in [1.54, 1.807) is 0 Å². The van der Waals surface area contributed by atoms with Gasteiger partial charge >= 0.3 is 17.9 Å². The lowest BCUT2D eigenvalue weighted by molar-refractivity contribution is -0.870. The van der Waals surface area contributed by atoms with Crippen LogP contribution in [0.1, 0.15) is 373 Å². The molecule has 0 aliphatic rings. The maximum absolute atomic E-state index is 13.0. The predicted octanol–water partition coefficient (Wildman–Crippen LogP) is 25.4. The highest BCUT2D eigenvalue weighted by Crippen LogP contribution is 2.19. The molecule has 0 radical (unpaired) electrons. The second-order valence-corrected chi connectivity index (χ2v) is 28.0. The molecule has 0 fully saturated rings. The third-order valence-corrected chi connectivity index (χ3v) is 17.6. The van der Waals surface area contributed by atoms with E-state index in [4.69, 9.17) is 18.9 Å². The molecule has 540 valence electrons. The predicted molar refractivity (Wildman–Crippen MR) is 401 cm³/mol. The molecule has 0 aliphatic carbocycles. The Labute approximate surface area is 576 Å². The number of carboxylic acids is 1. The maximum Gasteiger partial charge on any atom is 0.361 e. The third kappa shape index (κ3) is 75.7. The average molecular weight is 1300 g/mol. The largest absolute Gasteiger partial charge is 0.477 e. The van der Waals surface area contributed by atoms with E-state index in [1.165, 1.54) is 270 Å². The number of esters is 2. The first-order chi connectivity index (χ1) is 45.6. The molecule has 0 spiro atoms. The van der Waals surface area contributed by atoms with Gasteiger partial charge in [-0.1, -0.05) is 356 Å². The summed E-state index contributed by atoms with van der Waals surface area (Å²) in [5.41, 5.74) is 0. The molecule has 2 atom stereocenters. The summed E-state index contributed by atoms with van der Waals surface area (Å²) in [7, 11) is 5.99. The van der Waals surface area contributed by atoms with Crippen molar-refractivity contribution in [2.45, 2.75) is 386 Å². The number of quaternary nitrogens is 1. The number of aliphatic carboxylic acids is 1. The highest BCUT2D eigenvalue weighted by atomic mass is 16.7. The quantitative estimate of drug-likeness (QED) is 0.0211. The molecule has 2 unspecified atom stereocenters. The molecule has 93 heavy (non-hydrogen) atoms. The van der Waals surface area contributed by atoms with E-state index in [0.29, 0.717) is 17.4 Å². The zero-order valence-electron chi connectivity index (χ0n) is 61.9. The summed E-state index contributed by atoms with van der Waals surface area (Å²) in [6.07, 6.45) is 98.8. The number of unbranched alkanes of at least 4 members (excludes halogenated alkanes) is 45. The molecule has 0 aromatic carbocycles. The maximum atomic E-state index is 13.0. The van der Waals surface area contributed by atoms with Gasteiger partial charge in [0.05, 0.1) is 34.4 Å².